The molecule has 0 saturated carbocycles. The molecule has 4 rings (SSSR count). The molecule has 0 fully saturated rings. The van der Waals surface area contributed by atoms with Crippen LogP contribution in [0.4, 0.5) is 0 Å². The second-order valence-electron chi connectivity index (χ2n) is 7.39. The SMILES string of the molecule is S=C(N/N=C/c1ccco1)SCc1ccccc1.S=C(N/N=C\c1ccco1)SCc1ccccc1.[CH3][Sn][CH3]. The molecule has 0 spiro atoms. The Bertz CT molecular complexity index is 1140. The van der Waals surface area contributed by atoms with Gasteiger partial charge in [0.1, 0.15) is 11.5 Å². The van der Waals surface area contributed by atoms with Gasteiger partial charge in [-0.2, -0.15) is 10.2 Å². The van der Waals surface area contributed by atoms with Gasteiger partial charge in [0.05, 0.1) is 25.0 Å². The van der Waals surface area contributed by atoms with Gasteiger partial charge in [0, 0.05) is 11.5 Å². The van der Waals surface area contributed by atoms with Crippen LogP contribution in [0, 0.1) is 0 Å². The molecule has 0 aliphatic heterocycles. The summed E-state index contributed by atoms with van der Waals surface area (Å²) < 4.78 is 11.5. The van der Waals surface area contributed by atoms with Crippen molar-refractivity contribution < 1.29 is 8.83 Å². The van der Waals surface area contributed by atoms with E-state index in [1.165, 1.54) is 11.1 Å². The summed E-state index contributed by atoms with van der Waals surface area (Å²) in [5.74, 6) is 3.06. The number of hydrazone groups is 2. The molecule has 202 valence electrons. The molecule has 2 aromatic carbocycles. The first kappa shape index (κ1) is 32.8. The molecule has 0 bridgehead atoms. The zero-order chi connectivity index (χ0) is 28.0. The molecular weight excluding hydrogens is 671 g/mol. The maximum atomic E-state index is 5.16. The average molecular weight is 702 g/mol. The summed E-state index contributed by atoms with van der Waals surface area (Å²) >= 11 is 13.6. The topological polar surface area (TPSA) is 75.1 Å². The molecule has 2 heterocycles. The summed E-state index contributed by atoms with van der Waals surface area (Å²) in [6, 6.07) is 27.6. The van der Waals surface area contributed by atoms with Crippen LogP contribution in [0.25, 0.3) is 0 Å². The van der Waals surface area contributed by atoms with Crippen molar-refractivity contribution in [2.24, 2.45) is 10.2 Å². The first-order valence-corrected chi connectivity index (χ1v) is 20.2. The van der Waals surface area contributed by atoms with Gasteiger partial charge in [0.15, 0.2) is 8.64 Å². The van der Waals surface area contributed by atoms with Gasteiger partial charge < -0.3 is 8.83 Å². The number of furan rings is 2. The van der Waals surface area contributed by atoms with E-state index in [2.05, 4.69) is 55.2 Å². The van der Waals surface area contributed by atoms with Crippen LogP contribution in [-0.4, -0.2) is 42.2 Å². The van der Waals surface area contributed by atoms with E-state index in [0.29, 0.717) is 20.2 Å². The van der Waals surface area contributed by atoms with Gasteiger partial charge in [-0.15, -0.1) is 0 Å². The Kier molecular flexibility index (Phi) is 18.0. The van der Waals surface area contributed by atoms with Gasteiger partial charge in [-0.1, -0.05) is 109 Å². The predicted molar refractivity (Wildman–Crippen MR) is 177 cm³/mol. The van der Waals surface area contributed by atoms with Gasteiger partial charge >= 0.3 is 31.0 Å². The monoisotopic (exact) mass is 702 g/mol. The Morgan fingerprint density at radius 3 is 1.41 bits per heavy atom. The molecule has 39 heavy (non-hydrogen) atoms. The molecule has 0 aliphatic rings. The number of thiocarbonyl (C=S) groups is 2. The predicted octanol–water partition coefficient (Wildman–Crippen LogP) is 7.63. The van der Waals surface area contributed by atoms with E-state index < -0.39 is 0 Å². The molecule has 2 N–H and O–H groups in total. The standard InChI is InChI=1S/2C13H12N2OS2.2CH3.Sn/c2*17-13(15-14-9-12-7-4-8-16-12)18-10-11-5-2-1-3-6-11;;;/h2*1-9H,10H2,(H,15,17);2*1H3;/b14-9+;14-9-;;;. The fourth-order valence-corrected chi connectivity index (χ4v) is 4.21. The summed E-state index contributed by atoms with van der Waals surface area (Å²) in [7, 11) is 0. The van der Waals surface area contributed by atoms with Crippen molar-refractivity contribution in [3.63, 3.8) is 0 Å². The molecule has 2 radical (unpaired) electrons. The minimum absolute atomic E-state index is 0.230. The average Bonchev–Trinajstić information content (AvgIpc) is 3.68. The Morgan fingerprint density at radius 2 is 1.08 bits per heavy atom. The van der Waals surface area contributed by atoms with Gasteiger partial charge in [-0.05, 0) is 35.4 Å². The minimum atomic E-state index is 0.230. The van der Waals surface area contributed by atoms with Crippen molar-refractivity contribution in [3.05, 3.63) is 120 Å². The molecule has 11 heteroatoms. The summed E-state index contributed by atoms with van der Waals surface area (Å²) in [6.07, 6.45) is 6.39. The van der Waals surface area contributed by atoms with Crippen LogP contribution in [0.5, 0.6) is 0 Å². The molecule has 0 atom stereocenters. The first-order chi connectivity index (χ1) is 19.1. The number of thioether (sulfide) groups is 2. The Morgan fingerprint density at radius 1 is 0.692 bits per heavy atom. The molecule has 6 nitrogen and oxygen atoms in total. The van der Waals surface area contributed by atoms with Crippen LogP contribution < -0.4 is 10.9 Å². The second-order valence-corrected chi connectivity index (χ2v) is 13.6. The summed E-state index contributed by atoms with van der Waals surface area (Å²) in [5, 5.41) is 7.99. The molecular formula is C28H30N4O2S4Sn. The molecule has 0 amide bonds. The van der Waals surface area contributed by atoms with Crippen molar-refractivity contribution in [2.75, 3.05) is 0 Å². The zero-order valence-electron chi connectivity index (χ0n) is 21.7. The molecule has 2 aromatic heterocycles. The number of hydrogen-bond donors (Lipinski definition) is 2. The van der Waals surface area contributed by atoms with Crippen molar-refractivity contribution in [3.8, 4) is 0 Å². The van der Waals surface area contributed by atoms with Crippen LogP contribution in [0.3, 0.4) is 0 Å². The summed E-state index contributed by atoms with van der Waals surface area (Å²) in [5.41, 5.74) is 8.07. The molecule has 0 aliphatic carbocycles. The number of nitrogens with one attached hydrogen (secondary N) is 2. The molecule has 0 saturated heterocycles. The molecule has 4 aromatic rings. The van der Waals surface area contributed by atoms with Gasteiger partial charge in [0.2, 0.25) is 0 Å². The molecule has 0 unspecified atom stereocenters. The third-order valence-corrected chi connectivity index (χ3v) is 6.76. The third-order valence-electron chi connectivity index (χ3n) is 4.21. The number of nitrogens with zero attached hydrogens (tertiary/aromatic N) is 2. The quantitative estimate of drug-likeness (QED) is 0.0842. The van der Waals surface area contributed by atoms with E-state index in [4.69, 9.17) is 33.3 Å². The van der Waals surface area contributed by atoms with E-state index in [9.17, 15) is 0 Å². The van der Waals surface area contributed by atoms with E-state index in [1.807, 2.05) is 60.7 Å². The van der Waals surface area contributed by atoms with Gasteiger partial charge in [-0.3, -0.25) is 10.9 Å². The number of rotatable bonds is 8. The summed E-state index contributed by atoms with van der Waals surface area (Å²) in [6.45, 7) is 0. The van der Waals surface area contributed by atoms with Crippen LogP contribution >= 0.6 is 48.0 Å². The van der Waals surface area contributed by atoms with Crippen molar-refractivity contribution >= 4 is 90.2 Å². The maximum absolute atomic E-state index is 5.16. The van der Waals surface area contributed by atoms with Crippen molar-refractivity contribution in [2.45, 2.75) is 21.4 Å². The Balaban J connectivity index is 0.000000249. The van der Waals surface area contributed by atoms with E-state index >= 15 is 0 Å². The van der Waals surface area contributed by atoms with Crippen molar-refractivity contribution in [1.82, 2.24) is 10.9 Å². The van der Waals surface area contributed by atoms with Crippen LogP contribution in [0.1, 0.15) is 22.6 Å². The van der Waals surface area contributed by atoms with E-state index in [-0.39, 0.29) is 21.1 Å². The number of benzene rings is 2. The van der Waals surface area contributed by atoms with Gasteiger partial charge in [0.25, 0.3) is 0 Å². The fourth-order valence-electron chi connectivity index (χ4n) is 2.54. The second kappa shape index (κ2) is 21.4. The Hall–Kier alpha value is -2.38. The van der Waals surface area contributed by atoms with E-state index in [0.717, 1.165) is 11.5 Å². The van der Waals surface area contributed by atoms with Crippen LogP contribution in [-0.2, 0) is 11.5 Å². The third kappa shape index (κ3) is 16.4. The first-order valence-electron chi connectivity index (χ1n) is 11.8. The van der Waals surface area contributed by atoms with Crippen LogP contribution in [0.2, 0.25) is 9.88 Å². The normalized spacial score (nSPS) is 10.3. The fraction of sp³-hybridized carbons (Fsp3) is 0.143. The zero-order valence-corrected chi connectivity index (χ0v) is 27.8. The van der Waals surface area contributed by atoms with E-state index in [1.54, 1.807) is 48.5 Å². The number of hydrogen-bond acceptors (Lipinski definition) is 8. The Labute approximate surface area is 259 Å². The summed E-state index contributed by atoms with van der Waals surface area (Å²) in [4.78, 5) is 4.59. The van der Waals surface area contributed by atoms with Crippen molar-refractivity contribution in [1.29, 1.82) is 0 Å². The van der Waals surface area contributed by atoms with Gasteiger partial charge in [-0.25, -0.2) is 0 Å². The van der Waals surface area contributed by atoms with Crippen LogP contribution in [0.15, 0.2) is 116 Å².